The second kappa shape index (κ2) is 12.9. The average Bonchev–Trinajstić information content (AvgIpc) is 2.77. The summed E-state index contributed by atoms with van der Waals surface area (Å²) in [6, 6.07) is 15.7. The molecule has 2 rings (SSSR count). The number of hydrogen-bond donors (Lipinski definition) is 2. The molecule has 2 aromatic carbocycles. The molecule has 0 fully saturated rings. The molecular formula is C24H32N6O2. The predicted octanol–water partition coefficient (Wildman–Crippen LogP) is 2.98. The molecule has 0 saturated carbocycles. The quantitative estimate of drug-likeness (QED) is 0.322. The highest BCUT2D eigenvalue weighted by atomic mass is 16.2. The number of hydrazone groups is 2. The highest BCUT2D eigenvalue weighted by Gasteiger charge is 2.03. The van der Waals surface area contributed by atoms with Crippen molar-refractivity contribution in [2.24, 2.45) is 10.2 Å². The van der Waals surface area contributed by atoms with Gasteiger partial charge in [-0.25, -0.2) is 10.9 Å². The third kappa shape index (κ3) is 8.99. The molecule has 0 saturated heterocycles. The lowest BCUT2D eigenvalue weighted by Gasteiger charge is -2.11. The maximum absolute atomic E-state index is 11.9. The number of nitrogens with zero attached hydrogens (tertiary/aromatic N) is 4. The molecule has 32 heavy (non-hydrogen) atoms. The fourth-order valence-electron chi connectivity index (χ4n) is 2.76. The van der Waals surface area contributed by atoms with Crippen molar-refractivity contribution in [1.29, 1.82) is 0 Å². The number of carbonyl (C=O) groups is 2. The van der Waals surface area contributed by atoms with Crippen LogP contribution in [-0.4, -0.2) is 52.4 Å². The lowest BCUT2D eigenvalue weighted by atomic mass is 10.2. The Morgan fingerprint density at radius 2 is 1.03 bits per heavy atom. The van der Waals surface area contributed by atoms with Crippen LogP contribution < -0.4 is 20.7 Å². The molecule has 0 aliphatic carbocycles. The molecule has 0 aliphatic heterocycles. The Bertz CT molecular complexity index is 841. The standard InChI is InChI=1S/C24H32N6O2/c1-29(2)21-13-9-19(10-14-21)17-25-27-23(31)7-5-6-8-24(32)28-26-18-20-11-15-22(16-12-20)30(3)4/h9-18H,5-8H2,1-4H3,(H,27,31)(H,28,32)/b25-17-,26-18+. The molecule has 2 N–H and O–H groups in total. The van der Waals surface area contributed by atoms with E-state index in [0.29, 0.717) is 25.7 Å². The van der Waals surface area contributed by atoms with Crippen LogP contribution in [0.1, 0.15) is 36.8 Å². The van der Waals surface area contributed by atoms with Crippen LogP contribution in [0, 0.1) is 0 Å². The summed E-state index contributed by atoms with van der Waals surface area (Å²) < 4.78 is 0. The Balaban J connectivity index is 1.59. The Morgan fingerprint density at radius 3 is 1.34 bits per heavy atom. The Morgan fingerprint density at radius 1 is 0.688 bits per heavy atom. The van der Waals surface area contributed by atoms with Crippen LogP contribution in [0.2, 0.25) is 0 Å². The highest BCUT2D eigenvalue weighted by molar-refractivity contribution is 5.83. The van der Waals surface area contributed by atoms with Crippen molar-refractivity contribution in [3.05, 3.63) is 59.7 Å². The maximum atomic E-state index is 11.9. The first-order chi connectivity index (χ1) is 15.3. The van der Waals surface area contributed by atoms with Gasteiger partial charge in [0.2, 0.25) is 11.8 Å². The van der Waals surface area contributed by atoms with Gasteiger partial charge in [-0.1, -0.05) is 24.3 Å². The second-order valence-corrected chi connectivity index (χ2v) is 7.77. The predicted molar refractivity (Wildman–Crippen MR) is 131 cm³/mol. The van der Waals surface area contributed by atoms with E-state index in [1.54, 1.807) is 12.4 Å². The van der Waals surface area contributed by atoms with E-state index in [4.69, 9.17) is 0 Å². The van der Waals surface area contributed by atoms with Gasteiger partial charge in [-0.2, -0.15) is 10.2 Å². The molecule has 8 heteroatoms. The van der Waals surface area contributed by atoms with Gasteiger partial charge in [0, 0.05) is 52.4 Å². The van der Waals surface area contributed by atoms with Gasteiger partial charge in [-0.05, 0) is 48.2 Å². The number of rotatable bonds is 11. The summed E-state index contributed by atoms with van der Waals surface area (Å²) in [4.78, 5) is 27.7. The van der Waals surface area contributed by atoms with Crippen LogP contribution in [0.3, 0.4) is 0 Å². The Hall–Kier alpha value is -3.68. The van der Waals surface area contributed by atoms with Crippen LogP contribution >= 0.6 is 0 Å². The summed E-state index contributed by atoms with van der Waals surface area (Å²) in [5, 5.41) is 7.95. The second-order valence-electron chi connectivity index (χ2n) is 7.77. The zero-order valence-electron chi connectivity index (χ0n) is 19.2. The van der Waals surface area contributed by atoms with E-state index in [-0.39, 0.29) is 11.8 Å². The molecular weight excluding hydrogens is 404 g/mol. The minimum atomic E-state index is -0.175. The number of hydrogen-bond acceptors (Lipinski definition) is 6. The zero-order chi connectivity index (χ0) is 23.3. The van der Waals surface area contributed by atoms with Crippen LogP contribution in [0.25, 0.3) is 0 Å². The van der Waals surface area contributed by atoms with Crippen molar-refractivity contribution in [3.63, 3.8) is 0 Å². The minimum Gasteiger partial charge on any atom is -0.378 e. The average molecular weight is 437 g/mol. The lowest BCUT2D eigenvalue weighted by Crippen LogP contribution is -2.19. The number of anilines is 2. The van der Waals surface area contributed by atoms with E-state index in [1.165, 1.54) is 0 Å². The van der Waals surface area contributed by atoms with E-state index < -0.39 is 0 Å². The molecule has 2 amide bonds. The molecule has 0 unspecified atom stereocenters. The van der Waals surface area contributed by atoms with Gasteiger partial charge in [0.15, 0.2) is 0 Å². The third-order valence-corrected chi connectivity index (χ3v) is 4.68. The van der Waals surface area contributed by atoms with Crippen molar-refractivity contribution in [2.75, 3.05) is 38.0 Å². The van der Waals surface area contributed by atoms with Gasteiger partial charge in [0.05, 0.1) is 12.4 Å². The fraction of sp³-hybridized carbons (Fsp3) is 0.333. The first kappa shape index (κ1) is 24.6. The SMILES string of the molecule is CN(C)c1ccc(/C=N\NC(=O)CCCCC(=O)N/N=C/c2ccc(N(C)C)cc2)cc1. The number of unbranched alkanes of at least 4 members (excludes halogenated alkanes) is 1. The smallest absolute Gasteiger partial charge is 0.240 e. The summed E-state index contributed by atoms with van der Waals surface area (Å²) in [5.74, 6) is -0.350. The van der Waals surface area contributed by atoms with Crippen LogP contribution in [-0.2, 0) is 9.59 Å². The molecule has 170 valence electrons. The zero-order valence-corrected chi connectivity index (χ0v) is 19.2. The molecule has 0 aromatic heterocycles. The van der Waals surface area contributed by atoms with Gasteiger partial charge in [-0.15, -0.1) is 0 Å². The normalized spacial score (nSPS) is 11.0. The van der Waals surface area contributed by atoms with Gasteiger partial charge in [-0.3, -0.25) is 9.59 Å². The molecule has 2 aromatic rings. The van der Waals surface area contributed by atoms with Gasteiger partial charge < -0.3 is 9.80 Å². The molecule has 8 nitrogen and oxygen atoms in total. The van der Waals surface area contributed by atoms with Crippen molar-refractivity contribution in [2.45, 2.75) is 25.7 Å². The molecule has 0 spiro atoms. The van der Waals surface area contributed by atoms with Crippen molar-refractivity contribution in [1.82, 2.24) is 10.9 Å². The summed E-state index contributed by atoms with van der Waals surface area (Å²) in [5.41, 5.74) is 9.03. The third-order valence-electron chi connectivity index (χ3n) is 4.68. The van der Waals surface area contributed by atoms with E-state index in [1.807, 2.05) is 86.5 Å². The summed E-state index contributed by atoms with van der Waals surface area (Å²) >= 11 is 0. The summed E-state index contributed by atoms with van der Waals surface area (Å²) in [6.45, 7) is 0. The minimum absolute atomic E-state index is 0.175. The molecule has 0 heterocycles. The van der Waals surface area contributed by atoms with Crippen molar-refractivity contribution < 1.29 is 9.59 Å². The first-order valence-electron chi connectivity index (χ1n) is 10.5. The van der Waals surface area contributed by atoms with Crippen LogP contribution in [0.5, 0.6) is 0 Å². The number of nitrogens with one attached hydrogen (secondary N) is 2. The van der Waals surface area contributed by atoms with Crippen molar-refractivity contribution in [3.8, 4) is 0 Å². The largest absolute Gasteiger partial charge is 0.378 e. The Kier molecular flexibility index (Phi) is 9.90. The van der Waals surface area contributed by atoms with Crippen LogP contribution in [0.15, 0.2) is 58.7 Å². The molecule has 0 atom stereocenters. The van der Waals surface area contributed by atoms with E-state index in [2.05, 4.69) is 21.1 Å². The topological polar surface area (TPSA) is 89.4 Å². The number of amides is 2. The lowest BCUT2D eigenvalue weighted by molar-refractivity contribution is -0.123. The fourth-order valence-corrected chi connectivity index (χ4v) is 2.76. The molecule has 0 aliphatic rings. The number of carbonyl (C=O) groups excluding carboxylic acids is 2. The number of benzene rings is 2. The summed E-state index contributed by atoms with van der Waals surface area (Å²) in [7, 11) is 7.91. The van der Waals surface area contributed by atoms with E-state index in [9.17, 15) is 9.59 Å². The maximum Gasteiger partial charge on any atom is 0.240 e. The van der Waals surface area contributed by atoms with E-state index in [0.717, 1.165) is 22.5 Å². The summed E-state index contributed by atoms with van der Waals surface area (Å²) in [6.07, 6.45) is 5.04. The Labute approximate surface area is 190 Å². The van der Waals surface area contributed by atoms with Gasteiger partial charge in [0.1, 0.15) is 0 Å². The van der Waals surface area contributed by atoms with Crippen LogP contribution in [0.4, 0.5) is 11.4 Å². The first-order valence-corrected chi connectivity index (χ1v) is 10.5. The van der Waals surface area contributed by atoms with Crippen molar-refractivity contribution >= 4 is 35.6 Å². The van der Waals surface area contributed by atoms with Gasteiger partial charge in [0.25, 0.3) is 0 Å². The monoisotopic (exact) mass is 436 g/mol. The van der Waals surface area contributed by atoms with Gasteiger partial charge >= 0.3 is 0 Å². The highest BCUT2D eigenvalue weighted by Crippen LogP contribution is 2.11. The van der Waals surface area contributed by atoms with E-state index >= 15 is 0 Å². The molecule has 0 bridgehead atoms. The molecule has 0 radical (unpaired) electrons.